The molecule has 0 radical (unpaired) electrons. The minimum atomic E-state index is -1.60. The van der Waals surface area contributed by atoms with Crippen LogP contribution in [0, 0.1) is 0 Å². The Hall–Kier alpha value is 0.720. The number of rotatable bonds is 1. The highest BCUT2D eigenvalue weighted by atomic mass is 32.9. The molecule has 3 unspecified atom stereocenters. The molecular formula is CH3FOP2S. The third-order valence-corrected chi connectivity index (χ3v) is 3.26. The van der Waals surface area contributed by atoms with Gasteiger partial charge in [-0.1, -0.05) is 0 Å². The molecule has 3 atom stereocenters. The van der Waals surface area contributed by atoms with Gasteiger partial charge in [0.05, 0.1) is 10.5 Å². The Kier molecular flexibility index (Phi) is 4.36. The summed E-state index contributed by atoms with van der Waals surface area (Å²) in [6.45, 7) is 0. The molecule has 36 valence electrons. The zero-order valence-corrected chi connectivity index (χ0v) is 5.74. The first-order valence-electron chi connectivity index (χ1n) is 1.06. The Morgan fingerprint density at radius 2 is 2.50 bits per heavy atom. The monoisotopic (exact) mass is 144 g/mol. The Bertz CT molecular complexity index is 87.5. The molecule has 0 heterocycles. The van der Waals surface area contributed by atoms with Crippen molar-refractivity contribution in [3.8, 4) is 0 Å². The van der Waals surface area contributed by atoms with Crippen LogP contribution in [0.2, 0.25) is 0 Å². The highest BCUT2D eigenvalue weighted by Crippen LogP contribution is 2.43. The Morgan fingerprint density at radius 3 is 2.50 bits per heavy atom. The molecule has 0 rings (SSSR count). The van der Waals surface area contributed by atoms with Crippen molar-refractivity contribution >= 4 is 32.1 Å². The van der Waals surface area contributed by atoms with E-state index in [0.29, 0.717) is 0 Å². The fourth-order valence-corrected chi connectivity index (χ4v) is 0.650. The van der Waals surface area contributed by atoms with Crippen molar-refractivity contribution in [3.05, 3.63) is 0 Å². The Morgan fingerprint density at radius 1 is 2.00 bits per heavy atom. The first kappa shape index (κ1) is 6.72. The van der Waals surface area contributed by atoms with Gasteiger partial charge in [-0.3, -0.25) is 0 Å². The molecule has 0 aromatic carbocycles. The van der Waals surface area contributed by atoms with E-state index in [9.17, 15) is 8.68 Å². The zero-order valence-electron chi connectivity index (χ0n) is 2.77. The molecular weight excluding hydrogens is 141 g/mol. The van der Waals surface area contributed by atoms with Gasteiger partial charge in [0.2, 0.25) is 0 Å². The van der Waals surface area contributed by atoms with E-state index < -0.39 is 10.5 Å². The molecule has 6 heavy (non-hydrogen) atoms. The van der Waals surface area contributed by atoms with Gasteiger partial charge in [-0.25, -0.2) is 4.79 Å². The van der Waals surface area contributed by atoms with E-state index in [-0.39, 0.29) is 7.47 Å². The average molecular weight is 144 g/mol. The summed E-state index contributed by atoms with van der Waals surface area (Å²) in [6, 6.07) is 0. The fraction of sp³-hybridized carbons (Fsp3) is 0. The van der Waals surface area contributed by atoms with Crippen LogP contribution in [0.5, 0.6) is 0 Å². The van der Waals surface area contributed by atoms with Crippen LogP contribution in [0.1, 0.15) is 0 Å². The van der Waals surface area contributed by atoms with Crippen molar-refractivity contribution in [2.75, 3.05) is 0 Å². The highest BCUT2D eigenvalue weighted by molar-refractivity contribution is 8.69. The molecule has 0 aromatic rings. The van der Waals surface area contributed by atoms with Crippen LogP contribution in [-0.4, -0.2) is 5.23 Å². The number of hydrogen-bond donors (Lipinski definition) is 0. The van der Waals surface area contributed by atoms with Crippen LogP contribution in [-0.2, 0) is 4.79 Å². The second kappa shape index (κ2) is 3.89. The molecule has 0 bridgehead atoms. The summed E-state index contributed by atoms with van der Waals surface area (Å²) in [7, 11) is 0.529. The SMILES string of the molecule is O=C=S(F)PP. The summed E-state index contributed by atoms with van der Waals surface area (Å²) in [6.07, 6.45) is 0. The summed E-state index contributed by atoms with van der Waals surface area (Å²) in [5.74, 6) is 0. The van der Waals surface area contributed by atoms with Crippen LogP contribution in [0.15, 0.2) is 0 Å². The van der Waals surface area contributed by atoms with Crippen molar-refractivity contribution < 1.29 is 8.68 Å². The van der Waals surface area contributed by atoms with Crippen molar-refractivity contribution in [3.63, 3.8) is 0 Å². The zero-order chi connectivity index (χ0) is 4.99. The summed E-state index contributed by atoms with van der Waals surface area (Å²) in [4.78, 5) is 9.24. The van der Waals surface area contributed by atoms with Gasteiger partial charge in [0, 0.05) is 0 Å². The molecule has 0 aromatic heterocycles. The minimum Gasteiger partial charge on any atom is -0.224 e. The first-order valence-corrected chi connectivity index (χ1v) is 5.71. The van der Waals surface area contributed by atoms with Gasteiger partial charge < -0.3 is 0 Å². The maximum atomic E-state index is 11.5. The summed E-state index contributed by atoms with van der Waals surface area (Å²) >= 11 is 0. The highest BCUT2D eigenvalue weighted by Gasteiger charge is 1.78. The van der Waals surface area contributed by atoms with E-state index in [1.807, 2.05) is 0 Å². The maximum absolute atomic E-state index is 11.5. The van der Waals surface area contributed by atoms with E-state index in [1.165, 1.54) is 5.23 Å². The molecule has 0 N–H and O–H groups in total. The van der Waals surface area contributed by atoms with Gasteiger partial charge in [0.15, 0.2) is 5.23 Å². The molecule has 0 aliphatic rings. The molecule has 1 nitrogen and oxygen atoms in total. The standard InChI is InChI=1S/CH3FOP2S/c2-6(1-3)5-4/h5H,4H2. The van der Waals surface area contributed by atoms with Crippen molar-refractivity contribution in [1.29, 1.82) is 0 Å². The topological polar surface area (TPSA) is 17.1 Å². The molecule has 0 saturated heterocycles. The lowest BCUT2D eigenvalue weighted by Crippen LogP contribution is -1.32. The Balaban J connectivity index is 3.52. The summed E-state index contributed by atoms with van der Waals surface area (Å²) in [5, 5.41) is 1.22. The molecule has 0 saturated carbocycles. The lowest BCUT2D eigenvalue weighted by molar-refractivity contribution is 0.571. The van der Waals surface area contributed by atoms with Crippen LogP contribution in [0.3, 0.4) is 0 Å². The lowest BCUT2D eigenvalue weighted by atomic mass is 11.9. The first-order chi connectivity index (χ1) is 2.81. The van der Waals surface area contributed by atoms with E-state index in [4.69, 9.17) is 0 Å². The van der Waals surface area contributed by atoms with E-state index in [0.717, 1.165) is 0 Å². The third-order valence-electron chi connectivity index (χ3n) is 0.177. The normalized spacial score (nSPS) is 15.0. The Labute approximate surface area is 41.5 Å². The van der Waals surface area contributed by atoms with Crippen molar-refractivity contribution in [2.24, 2.45) is 0 Å². The van der Waals surface area contributed by atoms with E-state index >= 15 is 0 Å². The largest absolute Gasteiger partial charge is 0.224 e. The third kappa shape index (κ3) is 2.93. The fourth-order valence-electron chi connectivity index (χ4n) is 0.0241. The second-order valence-corrected chi connectivity index (χ2v) is 5.28. The van der Waals surface area contributed by atoms with Crippen LogP contribution >= 0.6 is 26.9 Å². The van der Waals surface area contributed by atoms with Gasteiger partial charge in [0.1, 0.15) is 0 Å². The van der Waals surface area contributed by atoms with Crippen molar-refractivity contribution in [1.82, 2.24) is 0 Å². The van der Waals surface area contributed by atoms with Crippen LogP contribution in [0.4, 0.5) is 3.89 Å². The van der Waals surface area contributed by atoms with Gasteiger partial charge in [-0.15, -0.1) is 8.93 Å². The van der Waals surface area contributed by atoms with E-state index in [1.54, 1.807) is 0 Å². The van der Waals surface area contributed by atoms with Gasteiger partial charge in [-0.2, -0.15) is 3.89 Å². The molecule has 0 fully saturated rings. The van der Waals surface area contributed by atoms with Gasteiger partial charge in [0.25, 0.3) is 0 Å². The van der Waals surface area contributed by atoms with E-state index in [2.05, 4.69) is 8.93 Å². The maximum Gasteiger partial charge on any atom is 0.192 e. The number of hydrogen-bond acceptors (Lipinski definition) is 1. The lowest BCUT2D eigenvalue weighted by Gasteiger charge is -1.74. The summed E-state index contributed by atoms with van der Waals surface area (Å²) in [5.41, 5.74) is 0. The predicted molar refractivity (Wildman–Crippen MR) is 32.4 cm³/mol. The number of carbonyl (C=O) groups excluding carboxylic acids is 1. The van der Waals surface area contributed by atoms with Gasteiger partial charge in [-0.05, 0) is 7.47 Å². The average Bonchev–Trinajstić information content (AvgIpc) is 1.65. The molecule has 0 amide bonds. The van der Waals surface area contributed by atoms with Crippen LogP contribution in [0.25, 0.3) is 0 Å². The molecule has 0 spiro atoms. The van der Waals surface area contributed by atoms with Crippen molar-refractivity contribution in [2.45, 2.75) is 0 Å². The molecule has 0 aliphatic carbocycles. The molecule has 5 heteroatoms. The number of halogens is 1. The van der Waals surface area contributed by atoms with Crippen LogP contribution < -0.4 is 0 Å². The molecule has 0 aliphatic heterocycles. The predicted octanol–water partition coefficient (Wildman–Crippen LogP) is 1.59. The minimum absolute atomic E-state index is 0.0143. The van der Waals surface area contributed by atoms with Gasteiger partial charge >= 0.3 is 0 Å². The second-order valence-electron chi connectivity index (χ2n) is 0.458. The smallest absolute Gasteiger partial charge is 0.192 e. The quantitative estimate of drug-likeness (QED) is 0.403. The summed E-state index contributed by atoms with van der Waals surface area (Å²) < 4.78 is 11.5.